The lowest BCUT2D eigenvalue weighted by atomic mass is 9.65. The predicted molar refractivity (Wildman–Crippen MR) is 104 cm³/mol. The molecule has 2 aromatic rings. The molecule has 2 nitrogen and oxygen atoms in total. The number of carbonyl (C=O) groups excluding carboxylic acids is 1. The van der Waals surface area contributed by atoms with Crippen LogP contribution in [-0.4, -0.2) is 23.5 Å². The van der Waals surface area contributed by atoms with Gasteiger partial charge in [0.05, 0.1) is 12.6 Å². The summed E-state index contributed by atoms with van der Waals surface area (Å²) in [6, 6.07) is 14.8. The molecule has 4 atom stereocenters. The second kappa shape index (κ2) is 6.89. The molecule has 4 fully saturated rings. The number of amides is 1. The molecule has 3 unspecified atom stereocenters. The fraction of sp³-hybridized carbons (Fsp3) is 0.458. The number of carbonyl (C=O) groups is 1. The smallest absolute Gasteiger partial charge is 0.226 e. The van der Waals surface area contributed by atoms with Crippen molar-refractivity contribution in [2.75, 3.05) is 6.54 Å². The van der Waals surface area contributed by atoms with Crippen molar-refractivity contribution < 1.29 is 18.0 Å². The van der Waals surface area contributed by atoms with Gasteiger partial charge in [-0.15, -0.1) is 0 Å². The Morgan fingerprint density at radius 1 is 1.07 bits per heavy atom. The molecule has 1 heterocycles. The van der Waals surface area contributed by atoms with Gasteiger partial charge in [-0.1, -0.05) is 42.5 Å². The predicted octanol–water partition coefficient (Wildman–Crippen LogP) is 5.56. The van der Waals surface area contributed by atoms with Crippen LogP contribution in [0, 0.1) is 23.1 Å². The third-order valence-electron chi connectivity index (χ3n) is 7.25. The van der Waals surface area contributed by atoms with E-state index in [-0.39, 0.29) is 36.5 Å². The van der Waals surface area contributed by atoms with E-state index >= 15 is 4.39 Å². The van der Waals surface area contributed by atoms with Gasteiger partial charge in [0, 0.05) is 17.8 Å². The molecule has 1 saturated heterocycles. The van der Waals surface area contributed by atoms with Crippen molar-refractivity contribution in [3.05, 3.63) is 71.5 Å². The molecule has 6 rings (SSSR count). The molecule has 152 valence electrons. The summed E-state index contributed by atoms with van der Waals surface area (Å²) in [7, 11) is 0. The van der Waals surface area contributed by atoms with Gasteiger partial charge in [0.1, 0.15) is 18.2 Å². The third-order valence-corrected chi connectivity index (χ3v) is 7.25. The number of halogens is 3. The van der Waals surface area contributed by atoms with Crippen LogP contribution in [0.4, 0.5) is 13.2 Å². The van der Waals surface area contributed by atoms with Crippen LogP contribution in [0.3, 0.4) is 0 Å². The van der Waals surface area contributed by atoms with Crippen molar-refractivity contribution in [2.45, 2.75) is 44.1 Å². The van der Waals surface area contributed by atoms with Gasteiger partial charge in [-0.2, -0.15) is 0 Å². The van der Waals surface area contributed by atoms with Crippen LogP contribution in [-0.2, 0) is 4.79 Å². The highest BCUT2D eigenvalue weighted by atomic mass is 19.1. The summed E-state index contributed by atoms with van der Waals surface area (Å²) in [5, 5.41) is 0. The maximum absolute atomic E-state index is 15.3. The Labute approximate surface area is 168 Å². The molecular weight excluding hydrogens is 375 g/mol. The van der Waals surface area contributed by atoms with Gasteiger partial charge in [-0.3, -0.25) is 4.79 Å². The summed E-state index contributed by atoms with van der Waals surface area (Å²) in [6.45, 7) is 0.0357. The number of nitrogens with zero attached hydrogens (tertiary/aromatic N) is 1. The van der Waals surface area contributed by atoms with E-state index in [9.17, 15) is 13.6 Å². The fourth-order valence-corrected chi connectivity index (χ4v) is 5.89. The van der Waals surface area contributed by atoms with Crippen LogP contribution in [0.5, 0.6) is 0 Å². The van der Waals surface area contributed by atoms with E-state index < -0.39 is 23.8 Å². The van der Waals surface area contributed by atoms with E-state index in [1.54, 1.807) is 29.2 Å². The first-order valence-corrected chi connectivity index (χ1v) is 10.4. The lowest BCUT2D eigenvalue weighted by Gasteiger charge is -2.41. The van der Waals surface area contributed by atoms with E-state index in [4.69, 9.17) is 0 Å². The average molecular weight is 399 g/mol. The lowest BCUT2D eigenvalue weighted by Crippen LogP contribution is -2.38. The van der Waals surface area contributed by atoms with Crippen LogP contribution < -0.4 is 0 Å². The summed E-state index contributed by atoms with van der Waals surface area (Å²) in [4.78, 5) is 14.9. The van der Waals surface area contributed by atoms with Crippen molar-refractivity contribution in [3.8, 4) is 0 Å². The quantitative estimate of drug-likeness (QED) is 0.659. The Hall–Kier alpha value is -2.30. The number of alkyl halides is 2. The third kappa shape index (κ3) is 3.06. The van der Waals surface area contributed by atoms with Crippen molar-refractivity contribution in [2.24, 2.45) is 17.3 Å². The molecule has 0 N–H and O–H groups in total. The topological polar surface area (TPSA) is 20.3 Å². The Kier molecular flexibility index (Phi) is 4.45. The van der Waals surface area contributed by atoms with Crippen molar-refractivity contribution in [1.82, 2.24) is 4.90 Å². The van der Waals surface area contributed by atoms with Gasteiger partial charge in [0.25, 0.3) is 0 Å². The fourth-order valence-electron chi connectivity index (χ4n) is 5.89. The van der Waals surface area contributed by atoms with Gasteiger partial charge < -0.3 is 4.90 Å². The van der Waals surface area contributed by atoms with Crippen molar-refractivity contribution in [3.63, 3.8) is 0 Å². The molecule has 1 amide bonds. The van der Waals surface area contributed by atoms with Crippen LogP contribution in [0.25, 0.3) is 0 Å². The van der Waals surface area contributed by atoms with E-state index in [1.165, 1.54) is 12.1 Å². The molecule has 1 aliphatic heterocycles. The van der Waals surface area contributed by atoms with E-state index in [1.807, 2.05) is 18.2 Å². The highest BCUT2D eigenvalue weighted by molar-refractivity contribution is 5.81. The Balaban J connectivity index is 1.35. The first-order valence-electron chi connectivity index (χ1n) is 10.4. The first-order chi connectivity index (χ1) is 14.0. The van der Waals surface area contributed by atoms with Gasteiger partial charge in [0.15, 0.2) is 0 Å². The lowest BCUT2D eigenvalue weighted by molar-refractivity contribution is -0.137. The Morgan fingerprint density at radius 3 is 2.55 bits per heavy atom. The van der Waals surface area contributed by atoms with Crippen LogP contribution in [0.2, 0.25) is 0 Å². The molecule has 0 aromatic heterocycles. The molecule has 2 bridgehead atoms. The monoisotopic (exact) mass is 399 g/mol. The number of hydrogen-bond acceptors (Lipinski definition) is 1. The maximum atomic E-state index is 15.3. The molecule has 0 spiro atoms. The van der Waals surface area contributed by atoms with Crippen LogP contribution in [0.1, 0.15) is 49.0 Å². The largest absolute Gasteiger partial charge is 0.332 e. The number of rotatable bonds is 4. The molecule has 2 aromatic carbocycles. The second-order valence-corrected chi connectivity index (χ2v) is 9.01. The minimum atomic E-state index is -1.11. The summed E-state index contributed by atoms with van der Waals surface area (Å²) in [6.07, 6.45) is -0.0859. The maximum Gasteiger partial charge on any atom is 0.226 e. The Bertz CT molecular complexity index is 911. The summed E-state index contributed by atoms with van der Waals surface area (Å²) in [5.74, 6) is -0.582. The Morgan fingerprint density at radius 2 is 1.83 bits per heavy atom. The first kappa shape index (κ1) is 18.7. The standard InChI is InChI=1S/C24H24F3NO/c25-18-8-4-7-16(9-18)21-10-19(26)14-28(21)23(29)20-13-24(11-17(20)12-24)22(27)15-5-2-1-3-6-15/h1-9,17,19-22H,10-14H2/t17?,19?,20-,21?,22?,24?/m0/s1. The van der Waals surface area contributed by atoms with E-state index in [0.29, 0.717) is 30.4 Å². The molecule has 3 saturated carbocycles. The van der Waals surface area contributed by atoms with Gasteiger partial charge >= 0.3 is 0 Å². The van der Waals surface area contributed by atoms with Gasteiger partial charge in [-0.05, 0) is 48.4 Å². The summed E-state index contributed by atoms with van der Waals surface area (Å²) >= 11 is 0. The summed E-state index contributed by atoms with van der Waals surface area (Å²) < 4.78 is 43.2. The molecular formula is C24H24F3NO. The highest BCUT2D eigenvalue weighted by Gasteiger charge is 2.63. The zero-order chi connectivity index (χ0) is 20.2. The number of hydrogen-bond donors (Lipinski definition) is 0. The summed E-state index contributed by atoms with van der Waals surface area (Å²) in [5.41, 5.74) is 0.822. The van der Waals surface area contributed by atoms with Gasteiger partial charge in [0.2, 0.25) is 5.91 Å². The SMILES string of the molecule is O=C([C@H]1CC2(C(F)c3ccccc3)CC1C2)N1CC(F)CC1c1cccc(F)c1. The highest BCUT2D eigenvalue weighted by Crippen LogP contribution is 2.68. The molecule has 5 heteroatoms. The minimum Gasteiger partial charge on any atom is -0.332 e. The normalized spacial score (nSPS) is 34.1. The minimum absolute atomic E-state index is 0.0357. The van der Waals surface area contributed by atoms with Gasteiger partial charge in [-0.25, -0.2) is 13.2 Å². The zero-order valence-corrected chi connectivity index (χ0v) is 16.1. The molecule has 29 heavy (non-hydrogen) atoms. The number of fused-ring (bicyclic) bond motifs is 1. The number of likely N-dealkylation sites (tertiary alicyclic amines) is 1. The number of benzene rings is 2. The average Bonchev–Trinajstić information content (AvgIpc) is 3.39. The second-order valence-electron chi connectivity index (χ2n) is 9.01. The molecule has 4 aliphatic rings. The molecule has 3 aliphatic carbocycles. The van der Waals surface area contributed by atoms with E-state index in [2.05, 4.69) is 0 Å². The van der Waals surface area contributed by atoms with Crippen LogP contribution in [0.15, 0.2) is 54.6 Å². The van der Waals surface area contributed by atoms with E-state index in [0.717, 1.165) is 0 Å². The van der Waals surface area contributed by atoms with Crippen LogP contribution >= 0.6 is 0 Å². The molecule has 0 radical (unpaired) electrons. The van der Waals surface area contributed by atoms with Crippen molar-refractivity contribution >= 4 is 5.91 Å². The zero-order valence-electron chi connectivity index (χ0n) is 16.1. The van der Waals surface area contributed by atoms with Crippen molar-refractivity contribution in [1.29, 1.82) is 0 Å².